The molecule has 0 amide bonds. The van der Waals surface area contributed by atoms with Gasteiger partial charge in [0.15, 0.2) is 0 Å². The molecular formula is C16H27FN2. The number of rotatable bonds is 8. The van der Waals surface area contributed by atoms with Crippen molar-refractivity contribution in [2.75, 3.05) is 14.1 Å². The summed E-state index contributed by atoms with van der Waals surface area (Å²) in [6.07, 6.45) is 3.48. The second-order valence-corrected chi connectivity index (χ2v) is 5.20. The molecule has 2 nitrogen and oxygen atoms in total. The van der Waals surface area contributed by atoms with E-state index in [2.05, 4.69) is 31.1 Å². The second kappa shape index (κ2) is 8.28. The fourth-order valence-corrected chi connectivity index (χ4v) is 2.74. The summed E-state index contributed by atoms with van der Waals surface area (Å²) in [6.45, 7) is 5.31. The molecule has 0 aliphatic rings. The smallest absolute Gasteiger partial charge is 0.123 e. The molecule has 1 rings (SSSR count). The van der Waals surface area contributed by atoms with Gasteiger partial charge < -0.3 is 5.32 Å². The van der Waals surface area contributed by atoms with E-state index < -0.39 is 0 Å². The highest BCUT2D eigenvalue weighted by molar-refractivity contribution is 5.16. The van der Waals surface area contributed by atoms with E-state index >= 15 is 0 Å². The lowest BCUT2D eigenvalue weighted by Crippen LogP contribution is -2.46. The third-order valence-electron chi connectivity index (χ3n) is 3.76. The Hall–Kier alpha value is -0.930. The predicted molar refractivity (Wildman–Crippen MR) is 79.7 cm³/mol. The zero-order valence-corrected chi connectivity index (χ0v) is 12.6. The van der Waals surface area contributed by atoms with Gasteiger partial charge >= 0.3 is 0 Å². The van der Waals surface area contributed by atoms with Crippen LogP contribution in [0.15, 0.2) is 24.3 Å². The number of likely N-dealkylation sites (N-methyl/N-ethyl adjacent to an activating group) is 2. The Kier molecular flexibility index (Phi) is 7.03. The molecule has 0 aliphatic heterocycles. The Morgan fingerprint density at radius 3 is 2.32 bits per heavy atom. The van der Waals surface area contributed by atoms with Crippen molar-refractivity contribution in [1.82, 2.24) is 10.2 Å². The molecule has 19 heavy (non-hydrogen) atoms. The van der Waals surface area contributed by atoms with Gasteiger partial charge in [-0.3, -0.25) is 4.90 Å². The number of hydrogen-bond donors (Lipinski definition) is 1. The van der Waals surface area contributed by atoms with Gasteiger partial charge in [-0.2, -0.15) is 0 Å². The van der Waals surface area contributed by atoms with Crippen LogP contribution in [0.3, 0.4) is 0 Å². The molecule has 0 spiro atoms. The maximum atomic E-state index is 12.9. The molecule has 1 aromatic carbocycles. The zero-order chi connectivity index (χ0) is 14.3. The molecule has 2 unspecified atom stereocenters. The van der Waals surface area contributed by atoms with Gasteiger partial charge in [0.25, 0.3) is 0 Å². The monoisotopic (exact) mass is 266 g/mol. The van der Waals surface area contributed by atoms with Crippen LogP contribution >= 0.6 is 0 Å². The van der Waals surface area contributed by atoms with Gasteiger partial charge in [0, 0.05) is 18.6 Å². The van der Waals surface area contributed by atoms with Crippen LogP contribution in [0.25, 0.3) is 0 Å². The van der Waals surface area contributed by atoms with Crippen molar-refractivity contribution in [1.29, 1.82) is 0 Å². The quantitative estimate of drug-likeness (QED) is 0.775. The van der Waals surface area contributed by atoms with Crippen LogP contribution < -0.4 is 5.32 Å². The van der Waals surface area contributed by atoms with Crippen LogP contribution in [0, 0.1) is 5.82 Å². The van der Waals surface area contributed by atoms with Gasteiger partial charge in [0.2, 0.25) is 0 Å². The van der Waals surface area contributed by atoms with Crippen LogP contribution in [-0.2, 0) is 6.54 Å². The first-order valence-corrected chi connectivity index (χ1v) is 7.24. The van der Waals surface area contributed by atoms with Crippen LogP contribution in [0.1, 0.15) is 38.7 Å². The lowest BCUT2D eigenvalue weighted by Gasteiger charge is -2.34. The summed E-state index contributed by atoms with van der Waals surface area (Å²) in [7, 11) is 4.19. The Morgan fingerprint density at radius 2 is 1.84 bits per heavy atom. The summed E-state index contributed by atoms with van der Waals surface area (Å²) in [4.78, 5) is 2.37. The van der Waals surface area contributed by atoms with Crippen molar-refractivity contribution in [3.05, 3.63) is 35.6 Å². The van der Waals surface area contributed by atoms with E-state index in [9.17, 15) is 4.39 Å². The Morgan fingerprint density at radius 1 is 1.21 bits per heavy atom. The minimum atomic E-state index is -0.169. The molecule has 0 radical (unpaired) electrons. The van der Waals surface area contributed by atoms with Gasteiger partial charge in [0.05, 0.1) is 0 Å². The Bertz CT molecular complexity index is 350. The van der Waals surface area contributed by atoms with E-state index in [1.54, 1.807) is 0 Å². The molecular weight excluding hydrogens is 239 g/mol. The highest BCUT2D eigenvalue weighted by Gasteiger charge is 2.21. The molecule has 0 aliphatic carbocycles. The lowest BCUT2D eigenvalue weighted by molar-refractivity contribution is 0.176. The summed E-state index contributed by atoms with van der Waals surface area (Å²) in [6, 6.07) is 7.83. The third kappa shape index (κ3) is 4.92. The first-order chi connectivity index (χ1) is 9.12. The summed E-state index contributed by atoms with van der Waals surface area (Å²) in [5.74, 6) is -0.169. The number of benzene rings is 1. The average molecular weight is 266 g/mol. The van der Waals surface area contributed by atoms with E-state index in [1.807, 2.05) is 19.2 Å². The highest BCUT2D eigenvalue weighted by atomic mass is 19.1. The van der Waals surface area contributed by atoms with Crippen LogP contribution in [0.4, 0.5) is 4.39 Å². The molecule has 0 bridgehead atoms. The minimum absolute atomic E-state index is 0.169. The SMILES string of the molecule is CCCC(NC)C(CC)N(C)Cc1ccc(F)cc1. The molecule has 1 aromatic rings. The summed E-state index contributed by atoms with van der Waals surface area (Å²) >= 11 is 0. The van der Waals surface area contributed by atoms with E-state index in [0.717, 1.165) is 18.5 Å². The fraction of sp³-hybridized carbons (Fsp3) is 0.625. The number of nitrogens with one attached hydrogen (secondary N) is 1. The molecule has 0 heterocycles. The molecule has 1 N–H and O–H groups in total. The maximum absolute atomic E-state index is 12.9. The van der Waals surface area contributed by atoms with Crippen molar-refractivity contribution in [3.8, 4) is 0 Å². The van der Waals surface area contributed by atoms with Crippen molar-refractivity contribution in [2.45, 2.75) is 51.7 Å². The van der Waals surface area contributed by atoms with Crippen molar-refractivity contribution in [3.63, 3.8) is 0 Å². The summed E-state index contributed by atoms with van der Waals surface area (Å²) in [5, 5.41) is 3.43. The largest absolute Gasteiger partial charge is 0.315 e. The van der Waals surface area contributed by atoms with Gasteiger partial charge in [0.1, 0.15) is 5.82 Å². The van der Waals surface area contributed by atoms with E-state index in [0.29, 0.717) is 12.1 Å². The van der Waals surface area contributed by atoms with Gasteiger partial charge in [-0.05, 0) is 44.6 Å². The minimum Gasteiger partial charge on any atom is -0.315 e. The number of halogens is 1. The Labute approximate surface area is 117 Å². The lowest BCUT2D eigenvalue weighted by atomic mass is 9.99. The molecule has 0 aromatic heterocycles. The van der Waals surface area contributed by atoms with Gasteiger partial charge in [-0.25, -0.2) is 4.39 Å². The molecule has 108 valence electrons. The highest BCUT2D eigenvalue weighted by Crippen LogP contribution is 2.15. The molecule has 3 heteroatoms. The number of hydrogen-bond acceptors (Lipinski definition) is 2. The molecule has 2 atom stereocenters. The topological polar surface area (TPSA) is 15.3 Å². The van der Waals surface area contributed by atoms with E-state index in [1.165, 1.54) is 25.0 Å². The van der Waals surface area contributed by atoms with Crippen molar-refractivity contribution in [2.24, 2.45) is 0 Å². The van der Waals surface area contributed by atoms with Crippen LogP contribution in [-0.4, -0.2) is 31.1 Å². The number of nitrogens with zero attached hydrogens (tertiary/aromatic N) is 1. The average Bonchev–Trinajstić information content (AvgIpc) is 2.41. The summed E-state index contributed by atoms with van der Waals surface area (Å²) in [5.41, 5.74) is 1.16. The third-order valence-corrected chi connectivity index (χ3v) is 3.76. The van der Waals surface area contributed by atoms with Gasteiger partial charge in [-0.15, -0.1) is 0 Å². The molecule has 0 saturated heterocycles. The zero-order valence-electron chi connectivity index (χ0n) is 12.6. The summed E-state index contributed by atoms with van der Waals surface area (Å²) < 4.78 is 12.9. The molecule has 0 saturated carbocycles. The Balaban J connectivity index is 2.67. The first kappa shape index (κ1) is 16.1. The predicted octanol–water partition coefficient (Wildman–Crippen LogP) is 3.42. The van der Waals surface area contributed by atoms with Crippen LogP contribution in [0.2, 0.25) is 0 Å². The maximum Gasteiger partial charge on any atom is 0.123 e. The molecule has 0 fully saturated rings. The standard InChI is InChI=1S/C16H27FN2/c1-5-7-15(18-3)16(6-2)19(4)12-13-8-10-14(17)11-9-13/h8-11,15-16,18H,5-7,12H2,1-4H3. The first-order valence-electron chi connectivity index (χ1n) is 7.24. The van der Waals surface area contributed by atoms with Crippen LogP contribution in [0.5, 0.6) is 0 Å². The fourth-order valence-electron chi connectivity index (χ4n) is 2.74. The van der Waals surface area contributed by atoms with Gasteiger partial charge in [-0.1, -0.05) is 32.4 Å². The van der Waals surface area contributed by atoms with E-state index in [4.69, 9.17) is 0 Å². The van der Waals surface area contributed by atoms with E-state index in [-0.39, 0.29) is 5.82 Å². The second-order valence-electron chi connectivity index (χ2n) is 5.20. The normalized spacial score (nSPS) is 14.6. The van der Waals surface area contributed by atoms with Crippen molar-refractivity contribution < 1.29 is 4.39 Å². The van der Waals surface area contributed by atoms with Crippen molar-refractivity contribution >= 4 is 0 Å².